The fourth-order valence-electron chi connectivity index (χ4n) is 3.01. The van der Waals surface area contributed by atoms with Crippen LogP contribution in [-0.4, -0.2) is 17.6 Å². The van der Waals surface area contributed by atoms with Gasteiger partial charge in [-0.25, -0.2) is 0 Å². The van der Waals surface area contributed by atoms with Crippen LogP contribution >= 0.6 is 0 Å². The first-order chi connectivity index (χ1) is 8.88. The summed E-state index contributed by atoms with van der Waals surface area (Å²) in [6, 6.07) is 6.85. The molecule has 0 saturated heterocycles. The summed E-state index contributed by atoms with van der Waals surface area (Å²) in [7, 11) is 0. The zero-order valence-corrected chi connectivity index (χ0v) is 11.6. The minimum atomic E-state index is 0.614. The minimum Gasteiger partial charge on any atom is -0.314 e. The maximum Gasteiger partial charge on any atom is 0.0419 e. The van der Waals surface area contributed by atoms with Gasteiger partial charge in [-0.3, -0.25) is 4.98 Å². The first-order valence-corrected chi connectivity index (χ1v) is 7.51. The number of aromatic nitrogens is 1. The molecule has 2 nitrogen and oxygen atoms in total. The molecule has 2 heteroatoms. The number of hydrogen-bond donors (Lipinski definition) is 1. The average Bonchev–Trinajstić information content (AvgIpc) is 2.90. The van der Waals surface area contributed by atoms with Crippen LogP contribution in [-0.2, 0) is 6.42 Å². The summed E-state index contributed by atoms with van der Waals surface area (Å²) in [5.74, 6) is 0.947. The summed E-state index contributed by atoms with van der Waals surface area (Å²) >= 11 is 0. The normalized spacial score (nSPS) is 18.1. The topological polar surface area (TPSA) is 24.9 Å². The highest BCUT2D eigenvalue weighted by molar-refractivity contribution is 5.05. The van der Waals surface area contributed by atoms with Crippen LogP contribution in [0.5, 0.6) is 0 Å². The molecular weight excluding hydrogens is 220 g/mol. The predicted molar refractivity (Wildman–Crippen MR) is 76.6 cm³/mol. The van der Waals surface area contributed by atoms with Crippen molar-refractivity contribution in [2.45, 2.75) is 57.9 Å². The second-order valence-electron chi connectivity index (χ2n) is 5.56. The smallest absolute Gasteiger partial charge is 0.0419 e. The fourth-order valence-corrected chi connectivity index (χ4v) is 3.01. The van der Waals surface area contributed by atoms with Crippen LogP contribution in [0.15, 0.2) is 24.4 Å². The first-order valence-electron chi connectivity index (χ1n) is 7.51. The highest BCUT2D eigenvalue weighted by atomic mass is 14.9. The monoisotopic (exact) mass is 246 g/mol. The minimum absolute atomic E-state index is 0.614. The van der Waals surface area contributed by atoms with Crippen molar-refractivity contribution >= 4 is 0 Å². The molecule has 2 rings (SSSR count). The molecule has 1 N–H and O–H groups in total. The largest absolute Gasteiger partial charge is 0.314 e. The van der Waals surface area contributed by atoms with Crippen LogP contribution in [0.4, 0.5) is 0 Å². The molecule has 100 valence electrons. The van der Waals surface area contributed by atoms with Gasteiger partial charge in [-0.2, -0.15) is 0 Å². The molecule has 1 aliphatic carbocycles. The Morgan fingerprint density at radius 2 is 2.17 bits per heavy atom. The molecule has 0 aliphatic heterocycles. The van der Waals surface area contributed by atoms with Gasteiger partial charge in [0, 0.05) is 24.4 Å². The van der Waals surface area contributed by atoms with E-state index in [0.717, 1.165) is 18.9 Å². The Labute approximate surface area is 111 Å². The van der Waals surface area contributed by atoms with Gasteiger partial charge in [0.2, 0.25) is 0 Å². The average molecular weight is 246 g/mol. The van der Waals surface area contributed by atoms with Gasteiger partial charge in [0.25, 0.3) is 0 Å². The lowest BCUT2D eigenvalue weighted by atomic mass is 9.95. The molecule has 1 unspecified atom stereocenters. The van der Waals surface area contributed by atoms with Gasteiger partial charge < -0.3 is 5.32 Å². The molecular formula is C16H26N2. The molecule has 0 amide bonds. The second-order valence-corrected chi connectivity index (χ2v) is 5.56. The van der Waals surface area contributed by atoms with Crippen LogP contribution in [0, 0.1) is 5.92 Å². The Morgan fingerprint density at radius 3 is 2.83 bits per heavy atom. The number of hydrogen-bond acceptors (Lipinski definition) is 2. The number of rotatable bonds is 7. The molecule has 1 heterocycles. The van der Waals surface area contributed by atoms with E-state index in [4.69, 9.17) is 0 Å². The maximum atomic E-state index is 4.46. The van der Waals surface area contributed by atoms with E-state index in [1.54, 1.807) is 0 Å². The van der Waals surface area contributed by atoms with Gasteiger partial charge in [0.05, 0.1) is 0 Å². The van der Waals surface area contributed by atoms with Crippen molar-refractivity contribution in [3.8, 4) is 0 Å². The van der Waals surface area contributed by atoms with Crippen molar-refractivity contribution in [1.29, 1.82) is 0 Å². The summed E-state index contributed by atoms with van der Waals surface area (Å²) in [5, 5.41) is 3.70. The van der Waals surface area contributed by atoms with Gasteiger partial charge >= 0.3 is 0 Å². The fraction of sp³-hybridized carbons (Fsp3) is 0.688. The molecule has 1 fully saturated rings. The highest BCUT2D eigenvalue weighted by Crippen LogP contribution is 2.29. The highest BCUT2D eigenvalue weighted by Gasteiger charge is 2.20. The van der Waals surface area contributed by atoms with Crippen LogP contribution in [0.3, 0.4) is 0 Å². The Morgan fingerprint density at radius 1 is 1.33 bits per heavy atom. The molecule has 1 aliphatic rings. The van der Waals surface area contributed by atoms with Gasteiger partial charge in [-0.15, -0.1) is 0 Å². The van der Waals surface area contributed by atoms with Crippen molar-refractivity contribution in [3.05, 3.63) is 30.1 Å². The van der Waals surface area contributed by atoms with Crippen molar-refractivity contribution in [3.63, 3.8) is 0 Å². The molecule has 1 aromatic heterocycles. The zero-order chi connectivity index (χ0) is 12.6. The number of pyridine rings is 1. The Kier molecular flexibility index (Phi) is 5.66. The van der Waals surface area contributed by atoms with Gasteiger partial charge in [0.1, 0.15) is 0 Å². The summed E-state index contributed by atoms with van der Waals surface area (Å²) in [6.07, 6.45) is 11.3. The Balaban J connectivity index is 1.87. The van der Waals surface area contributed by atoms with E-state index in [1.807, 2.05) is 12.3 Å². The van der Waals surface area contributed by atoms with Crippen LogP contribution in [0.2, 0.25) is 0 Å². The second kappa shape index (κ2) is 7.52. The zero-order valence-electron chi connectivity index (χ0n) is 11.6. The third kappa shape index (κ3) is 4.41. The standard InChI is InChI=1S/C16H26N2/c1-2-10-17-16(12-14-7-3-4-8-14)13-15-9-5-6-11-18-15/h5-6,9,11,14,16-17H,2-4,7-8,10,12-13H2,1H3. The molecule has 0 aromatic carbocycles. The Hall–Kier alpha value is -0.890. The van der Waals surface area contributed by atoms with Crippen LogP contribution < -0.4 is 5.32 Å². The maximum absolute atomic E-state index is 4.46. The van der Waals surface area contributed by atoms with E-state index < -0.39 is 0 Å². The van der Waals surface area contributed by atoms with Gasteiger partial charge in [-0.1, -0.05) is 38.7 Å². The quantitative estimate of drug-likeness (QED) is 0.795. The molecule has 0 bridgehead atoms. The van der Waals surface area contributed by atoms with E-state index >= 15 is 0 Å². The van der Waals surface area contributed by atoms with Crippen molar-refractivity contribution < 1.29 is 0 Å². The number of nitrogens with zero attached hydrogens (tertiary/aromatic N) is 1. The molecule has 1 aromatic rings. The lowest BCUT2D eigenvalue weighted by Gasteiger charge is -2.21. The summed E-state index contributed by atoms with van der Waals surface area (Å²) < 4.78 is 0. The van der Waals surface area contributed by atoms with Crippen LogP contribution in [0.25, 0.3) is 0 Å². The van der Waals surface area contributed by atoms with Gasteiger partial charge in [-0.05, 0) is 37.4 Å². The molecule has 1 atom stereocenters. The third-order valence-corrected chi connectivity index (χ3v) is 3.96. The molecule has 18 heavy (non-hydrogen) atoms. The van der Waals surface area contributed by atoms with Crippen molar-refractivity contribution in [2.75, 3.05) is 6.54 Å². The van der Waals surface area contributed by atoms with Crippen molar-refractivity contribution in [2.24, 2.45) is 5.92 Å². The molecule has 0 radical (unpaired) electrons. The Bertz CT molecular complexity index is 317. The van der Waals surface area contributed by atoms with Crippen molar-refractivity contribution in [1.82, 2.24) is 10.3 Å². The molecule has 0 spiro atoms. The van der Waals surface area contributed by atoms with E-state index in [2.05, 4.69) is 29.4 Å². The molecule has 1 saturated carbocycles. The summed E-state index contributed by atoms with van der Waals surface area (Å²) in [6.45, 7) is 3.37. The van der Waals surface area contributed by atoms with E-state index in [-0.39, 0.29) is 0 Å². The number of nitrogens with one attached hydrogen (secondary N) is 1. The predicted octanol–water partition coefficient (Wildman–Crippen LogP) is 3.57. The van der Waals surface area contributed by atoms with Gasteiger partial charge in [0.15, 0.2) is 0 Å². The lowest BCUT2D eigenvalue weighted by Crippen LogP contribution is -2.33. The lowest BCUT2D eigenvalue weighted by molar-refractivity contribution is 0.383. The summed E-state index contributed by atoms with van der Waals surface area (Å²) in [5.41, 5.74) is 1.23. The summed E-state index contributed by atoms with van der Waals surface area (Å²) in [4.78, 5) is 4.46. The van der Waals surface area contributed by atoms with Crippen LogP contribution in [0.1, 0.15) is 51.1 Å². The first kappa shape index (κ1) is 13.5. The van der Waals surface area contributed by atoms with E-state index in [0.29, 0.717) is 6.04 Å². The van der Waals surface area contributed by atoms with E-state index in [1.165, 1.54) is 44.2 Å². The SMILES string of the molecule is CCCNC(Cc1ccccn1)CC1CCCC1. The third-order valence-electron chi connectivity index (χ3n) is 3.96. The van der Waals surface area contributed by atoms with E-state index in [9.17, 15) is 0 Å².